The smallest absolute Gasteiger partial charge is 0.151 e. The van der Waals surface area contributed by atoms with E-state index in [1.54, 1.807) is 36.4 Å². The molecule has 27 heavy (non-hydrogen) atoms. The predicted octanol–water partition coefficient (Wildman–Crippen LogP) is 5.67. The molecule has 1 aliphatic heterocycles. The largest absolute Gasteiger partial charge is 0.493 e. The summed E-state index contributed by atoms with van der Waals surface area (Å²) in [6.07, 6.45) is 2.88. The summed E-state index contributed by atoms with van der Waals surface area (Å²) in [4.78, 5) is 16.6. The van der Waals surface area contributed by atoms with Crippen LogP contribution in [0.1, 0.15) is 28.8 Å². The van der Waals surface area contributed by atoms with E-state index in [1.165, 1.54) is 0 Å². The Morgan fingerprint density at radius 3 is 2.48 bits per heavy atom. The fourth-order valence-electron chi connectivity index (χ4n) is 3.28. The molecule has 0 spiro atoms. The van der Waals surface area contributed by atoms with E-state index in [0.29, 0.717) is 56.5 Å². The van der Waals surface area contributed by atoms with Gasteiger partial charge in [-0.2, -0.15) is 0 Å². The number of ether oxygens (including phenoxy) is 1. The van der Waals surface area contributed by atoms with Crippen LogP contribution in [0.3, 0.4) is 0 Å². The van der Waals surface area contributed by atoms with Gasteiger partial charge in [0.2, 0.25) is 0 Å². The Balaban J connectivity index is 1.58. The Labute approximate surface area is 172 Å². The molecular formula is C20H16Cl3NO3. The van der Waals surface area contributed by atoms with E-state index in [-0.39, 0.29) is 12.0 Å². The third-order valence-electron chi connectivity index (χ3n) is 4.85. The number of oxime groups is 1. The molecule has 0 radical (unpaired) electrons. The molecule has 2 unspecified atom stereocenters. The van der Waals surface area contributed by atoms with E-state index in [4.69, 9.17) is 44.4 Å². The van der Waals surface area contributed by atoms with E-state index >= 15 is 0 Å². The summed E-state index contributed by atoms with van der Waals surface area (Å²) in [5.74, 6) is 0.943. The van der Waals surface area contributed by atoms with Crippen molar-refractivity contribution in [3.05, 3.63) is 62.6 Å². The second-order valence-corrected chi connectivity index (χ2v) is 7.92. The van der Waals surface area contributed by atoms with Crippen molar-refractivity contribution < 1.29 is 14.4 Å². The first kappa shape index (κ1) is 18.6. The molecule has 2 aromatic rings. The zero-order chi connectivity index (χ0) is 19.0. The average Bonchev–Trinajstić information content (AvgIpc) is 3.41. The minimum Gasteiger partial charge on any atom is -0.493 e. The Hall–Kier alpha value is -1.75. The van der Waals surface area contributed by atoms with Crippen LogP contribution < -0.4 is 4.74 Å². The number of carbonyl (C=O) groups excluding carboxylic acids is 1. The fourth-order valence-corrected chi connectivity index (χ4v) is 4.09. The molecule has 140 valence electrons. The molecule has 1 fully saturated rings. The van der Waals surface area contributed by atoms with Crippen LogP contribution in [0.5, 0.6) is 5.75 Å². The first-order valence-corrected chi connectivity index (χ1v) is 9.77. The molecule has 0 N–H and O–H groups in total. The lowest BCUT2D eigenvalue weighted by Gasteiger charge is -2.20. The van der Waals surface area contributed by atoms with Crippen LogP contribution in [0.25, 0.3) is 0 Å². The summed E-state index contributed by atoms with van der Waals surface area (Å²) in [6.45, 7) is 0.346. The first-order chi connectivity index (χ1) is 13.1. The standard InChI is InChI=1S/C20H16Cl3NO3/c21-15-2-1-3-16(22)18(15)19-14(20(27-24-19)11-4-5-11)10-26-13-7-6-12(9-25)17(23)8-13/h1-3,6-9,11,14,20H,4-5,10H2. The van der Waals surface area contributed by atoms with Crippen molar-refractivity contribution in [2.24, 2.45) is 17.0 Å². The van der Waals surface area contributed by atoms with E-state index in [1.807, 2.05) is 0 Å². The highest BCUT2D eigenvalue weighted by Gasteiger charge is 2.46. The molecule has 0 bridgehead atoms. The van der Waals surface area contributed by atoms with Gasteiger partial charge < -0.3 is 9.57 Å². The number of hydrogen-bond donors (Lipinski definition) is 0. The third-order valence-corrected chi connectivity index (χ3v) is 5.81. The van der Waals surface area contributed by atoms with E-state index in [2.05, 4.69) is 5.16 Å². The molecule has 1 saturated carbocycles. The second-order valence-electron chi connectivity index (χ2n) is 6.70. The van der Waals surface area contributed by atoms with E-state index in [9.17, 15) is 4.79 Å². The fraction of sp³-hybridized carbons (Fsp3) is 0.300. The number of carbonyl (C=O) groups is 1. The summed E-state index contributed by atoms with van der Waals surface area (Å²) in [5.41, 5.74) is 1.82. The van der Waals surface area contributed by atoms with E-state index in [0.717, 1.165) is 12.8 Å². The predicted molar refractivity (Wildman–Crippen MR) is 106 cm³/mol. The Morgan fingerprint density at radius 1 is 1.11 bits per heavy atom. The maximum atomic E-state index is 10.9. The number of benzene rings is 2. The highest BCUT2D eigenvalue weighted by Crippen LogP contribution is 2.43. The SMILES string of the molecule is O=Cc1ccc(OCC2C(c3c(Cl)cccc3Cl)=NOC2C2CC2)cc1Cl. The Kier molecular flexibility index (Phi) is 5.31. The maximum Gasteiger partial charge on any atom is 0.151 e. The van der Waals surface area contributed by atoms with Crippen molar-refractivity contribution in [3.63, 3.8) is 0 Å². The van der Waals surface area contributed by atoms with Gasteiger partial charge in [-0.3, -0.25) is 4.79 Å². The zero-order valence-corrected chi connectivity index (χ0v) is 16.5. The zero-order valence-electron chi connectivity index (χ0n) is 14.2. The maximum absolute atomic E-state index is 10.9. The molecule has 0 amide bonds. The molecule has 7 heteroatoms. The van der Waals surface area contributed by atoms with Crippen molar-refractivity contribution in [1.29, 1.82) is 0 Å². The monoisotopic (exact) mass is 423 g/mol. The summed E-state index contributed by atoms with van der Waals surface area (Å²) >= 11 is 18.8. The molecule has 4 nitrogen and oxygen atoms in total. The van der Waals surface area contributed by atoms with Gasteiger partial charge in [0.25, 0.3) is 0 Å². The number of hydrogen-bond acceptors (Lipinski definition) is 4. The lowest BCUT2D eigenvalue weighted by Crippen LogP contribution is -2.31. The van der Waals surface area contributed by atoms with Crippen LogP contribution in [-0.4, -0.2) is 24.7 Å². The minimum atomic E-state index is -0.0978. The molecule has 0 aromatic heterocycles. The molecule has 2 aromatic carbocycles. The molecule has 0 saturated heterocycles. The third kappa shape index (κ3) is 3.79. The van der Waals surface area contributed by atoms with Gasteiger partial charge in [0.05, 0.1) is 21.0 Å². The molecule has 2 atom stereocenters. The summed E-state index contributed by atoms with van der Waals surface area (Å²) < 4.78 is 5.96. The number of nitrogens with zero attached hydrogens (tertiary/aromatic N) is 1. The molecule has 2 aliphatic rings. The van der Waals surface area contributed by atoms with Crippen LogP contribution in [-0.2, 0) is 4.84 Å². The van der Waals surface area contributed by atoms with Crippen molar-refractivity contribution in [2.75, 3.05) is 6.61 Å². The number of halogens is 3. The van der Waals surface area contributed by atoms with Gasteiger partial charge in [0, 0.05) is 11.1 Å². The van der Waals surface area contributed by atoms with Crippen LogP contribution in [0, 0.1) is 11.8 Å². The number of aldehydes is 1. The van der Waals surface area contributed by atoms with E-state index < -0.39 is 0 Å². The highest BCUT2D eigenvalue weighted by atomic mass is 35.5. The van der Waals surface area contributed by atoms with Crippen LogP contribution >= 0.6 is 34.8 Å². The van der Waals surface area contributed by atoms with Gasteiger partial charge in [0.1, 0.15) is 24.2 Å². The average molecular weight is 425 g/mol. The second kappa shape index (κ2) is 7.70. The lowest BCUT2D eigenvalue weighted by atomic mass is 9.90. The Morgan fingerprint density at radius 2 is 1.85 bits per heavy atom. The van der Waals surface area contributed by atoms with Gasteiger partial charge in [-0.15, -0.1) is 0 Å². The summed E-state index contributed by atoms with van der Waals surface area (Å²) in [5, 5.41) is 5.72. The van der Waals surface area contributed by atoms with Crippen LogP contribution in [0.4, 0.5) is 0 Å². The van der Waals surface area contributed by atoms with Crippen molar-refractivity contribution in [2.45, 2.75) is 18.9 Å². The van der Waals surface area contributed by atoms with Crippen LogP contribution in [0.15, 0.2) is 41.6 Å². The topological polar surface area (TPSA) is 47.9 Å². The molecule has 4 rings (SSSR count). The van der Waals surface area contributed by atoms with Crippen molar-refractivity contribution in [1.82, 2.24) is 0 Å². The van der Waals surface area contributed by atoms with Gasteiger partial charge in [-0.1, -0.05) is 46.0 Å². The van der Waals surface area contributed by atoms with Gasteiger partial charge in [-0.25, -0.2) is 0 Å². The summed E-state index contributed by atoms with van der Waals surface area (Å²) in [6, 6.07) is 10.3. The highest BCUT2D eigenvalue weighted by molar-refractivity contribution is 6.40. The Bertz CT molecular complexity index is 891. The van der Waals surface area contributed by atoms with Gasteiger partial charge >= 0.3 is 0 Å². The quantitative estimate of drug-likeness (QED) is 0.562. The molecule has 1 aliphatic carbocycles. The number of rotatable bonds is 6. The minimum absolute atomic E-state index is 0.0583. The van der Waals surface area contributed by atoms with Gasteiger partial charge in [-0.05, 0) is 49.1 Å². The van der Waals surface area contributed by atoms with Crippen LogP contribution in [0.2, 0.25) is 15.1 Å². The molecule has 1 heterocycles. The first-order valence-electron chi connectivity index (χ1n) is 8.64. The summed E-state index contributed by atoms with van der Waals surface area (Å²) in [7, 11) is 0. The molecular weight excluding hydrogens is 409 g/mol. The van der Waals surface area contributed by atoms with Crippen molar-refractivity contribution in [3.8, 4) is 5.75 Å². The van der Waals surface area contributed by atoms with Crippen molar-refractivity contribution >= 4 is 46.8 Å². The van der Waals surface area contributed by atoms with Gasteiger partial charge in [0.15, 0.2) is 6.29 Å². The lowest BCUT2D eigenvalue weighted by molar-refractivity contribution is 0.0340. The normalized spacial score (nSPS) is 21.5.